The Hall–Kier alpha value is -2.81. The average Bonchev–Trinajstić information content (AvgIpc) is 2.68. The van der Waals surface area contributed by atoms with Crippen LogP contribution in [0, 0.1) is 0 Å². The Balaban J connectivity index is 2.46. The predicted octanol–water partition coefficient (Wildman–Crippen LogP) is 5.29. The lowest BCUT2D eigenvalue weighted by molar-refractivity contribution is 0.103. The van der Waals surface area contributed by atoms with Crippen LogP contribution in [0.25, 0.3) is 5.57 Å². The number of carbonyl (C=O) groups excluding carboxylic acids is 1. The van der Waals surface area contributed by atoms with E-state index < -0.39 is 0 Å². The van der Waals surface area contributed by atoms with Gasteiger partial charge in [-0.25, -0.2) is 0 Å². The number of methoxy groups -OCH3 is 2. The van der Waals surface area contributed by atoms with Gasteiger partial charge in [0.1, 0.15) is 11.5 Å². The molecule has 0 heterocycles. The van der Waals surface area contributed by atoms with E-state index in [2.05, 4.69) is 0 Å². The molecule has 25 heavy (non-hydrogen) atoms. The molecule has 2 aromatic rings. The molecule has 0 aliphatic heterocycles. The van der Waals surface area contributed by atoms with E-state index in [0.717, 1.165) is 28.2 Å². The van der Waals surface area contributed by atoms with Crippen LogP contribution >= 0.6 is 0 Å². The van der Waals surface area contributed by atoms with Crippen LogP contribution in [-0.2, 0) is 4.74 Å². The summed E-state index contributed by atoms with van der Waals surface area (Å²) in [5.41, 5.74) is 3.31. The predicted molar refractivity (Wildman–Crippen MR) is 102 cm³/mol. The molecule has 0 saturated carbocycles. The Bertz CT molecular complexity index is 769. The topological polar surface area (TPSA) is 35.5 Å². The van der Waals surface area contributed by atoms with E-state index in [4.69, 9.17) is 9.47 Å². The Morgan fingerprint density at radius 2 is 1.60 bits per heavy atom. The molecule has 0 aliphatic rings. The minimum Gasteiger partial charge on any atom is -0.501 e. The first kappa shape index (κ1) is 18.5. The zero-order valence-electron chi connectivity index (χ0n) is 15.2. The number of rotatable bonds is 7. The van der Waals surface area contributed by atoms with Crippen molar-refractivity contribution in [2.24, 2.45) is 0 Å². The Morgan fingerprint density at radius 3 is 2.12 bits per heavy atom. The maximum atomic E-state index is 12.8. The van der Waals surface area contributed by atoms with Crippen molar-refractivity contribution in [3.63, 3.8) is 0 Å². The number of ether oxygens (including phenoxy) is 2. The normalized spacial score (nSPS) is 12.4. The zero-order valence-corrected chi connectivity index (χ0v) is 15.2. The van der Waals surface area contributed by atoms with Gasteiger partial charge in [-0.15, -0.1) is 0 Å². The summed E-state index contributed by atoms with van der Waals surface area (Å²) in [5, 5.41) is 0. The molecule has 2 rings (SSSR count). The summed E-state index contributed by atoms with van der Waals surface area (Å²) in [6, 6.07) is 17.1. The molecule has 0 bridgehead atoms. The van der Waals surface area contributed by atoms with Crippen molar-refractivity contribution < 1.29 is 14.3 Å². The Labute approximate surface area is 149 Å². The highest BCUT2D eigenvalue weighted by molar-refractivity contribution is 6.10. The fourth-order valence-electron chi connectivity index (χ4n) is 2.55. The molecule has 0 spiro atoms. The first-order valence-electron chi connectivity index (χ1n) is 8.30. The van der Waals surface area contributed by atoms with Crippen molar-refractivity contribution in [1.82, 2.24) is 0 Å². The summed E-state index contributed by atoms with van der Waals surface area (Å²) in [4.78, 5) is 12.8. The molecule has 0 aromatic heterocycles. The summed E-state index contributed by atoms with van der Waals surface area (Å²) in [6.45, 7) is 3.89. The van der Waals surface area contributed by atoms with Gasteiger partial charge in [0.15, 0.2) is 5.78 Å². The molecule has 2 aromatic carbocycles. The second-order valence-corrected chi connectivity index (χ2v) is 5.62. The third kappa shape index (κ3) is 4.60. The molecule has 3 nitrogen and oxygen atoms in total. The van der Waals surface area contributed by atoms with Gasteiger partial charge in [-0.3, -0.25) is 4.79 Å². The number of allylic oxidation sites excluding steroid dienone is 4. The summed E-state index contributed by atoms with van der Waals surface area (Å²) < 4.78 is 10.7. The van der Waals surface area contributed by atoms with Crippen LogP contribution in [0.2, 0.25) is 0 Å². The van der Waals surface area contributed by atoms with E-state index in [9.17, 15) is 4.79 Å². The van der Waals surface area contributed by atoms with Gasteiger partial charge >= 0.3 is 0 Å². The van der Waals surface area contributed by atoms with Gasteiger partial charge in [0, 0.05) is 16.7 Å². The van der Waals surface area contributed by atoms with Crippen LogP contribution in [0.5, 0.6) is 5.75 Å². The minimum atomic E-state index is 0.0398. The fraction of sp³-hybridized carbons (Fsp3) is 0.227. The molecular weight excluding hydrogens is 312 g/mol. The fourth-order valence-corrected chi connectivity index (χ4v) is 2.55. The van der Waals surface area contributed by atoms with Gasteiger partial charge < -0.3 is 9.47 Å². The average molecular weight is 336 g/mol. The number of hydrogen-bond acceptors (Lipinski definition) is 3. The lowest BCUT2D eigenvalue weighted by atomic mass is 9.95. The molecule has 0 unspecified atom stereocenters. The van der Waals surface area contributed by atoms with E-state index >= 15 is 0 Å². The third-order valence-electron chi connectivity index (χ3n) is 4.11. The summed E-state index contributed by atoms with van der Waals surface area (Å²) in [5.74, 6) is 1.59. The third-order valence-corrected chi connectivity index (χ3v) is 4.11. The highest BCUT2D eigenvalue weighted by Gasteiger charge is 2.13. The maximum absolute atomic E-state index is 12.8. The van der Waals surface area contributed by atoms with Crippen LogP contribution in [0.4, 0.5) is 0 Å². The smallest absolute Gasteiger partial charge is 0.189 e. The second-order valence-electron chi connectivity index (χ2n) is 5.62. The van der Waals surface area contributed by atoms with E-state index in [0.29, 0.717) is 12.0 Å². The van der Waals surface area contributed by atoms with Gasteiger partial charge in [0.2, 0.25) is 0 Å². The highest BCUT2D eigenvalue weighted by Crippen LogP contribution is 2.26. The number of Topliss-reactive ketones (excluding diaryl/α,β-unsaturated/α-hetero) is 1. The Kier molecular flexibility index (Phi) is 6.58. The standard InChI is InChI=1S/C22H24O3/c1-5-17(22(23)19-9-7-6-8-10-19)15-21(16(2)24-3)18-11-13-20(25-4)14-12-18/h6-15H,5H2,1-4H3/b17-15+,21-16-. The van der Waals surface area contributed by atoms with Crippen molar-refractivity contribution in [3.8, 4) is 5.75 Å². The molecule has 0 saturated heterocycles. The molecule has 130 valence electrons. The molecular formula is C22H24O3. The minimum absolute atomic E-state index is 0.0398. The van der Waals surface area contributed by atoms with Crippen molar-refractivity contribution in [2.75, 3.05) is 14.2 Å². The lowest BCUT2D eigenvalue weighted by Gasteiger charge is -2.12. The molecule has 0 atom stereocenters. The quantitative estimate of drug-likeness (QED) is 0.298. The summed E-state index contributed by atoms with van der Waals surface area (Å²) in [6.07, 6.45) is 2.57. The number of ketones is 1. The molecule has 0 N–H and O–H groups in total. The van der Waals surface area contributed by atoms with E-state index in [1.807, 2.05) is 74.5 Å². The van der Waals surface area contributed by atoms with Crippen LogP contribution in [-0.4, -0.2) is 20.0 Å². The van der Waals surface area contributed by atoms with Crippen LogP contribution < -0.4 is 4.74 Å². The monoisotopic (exact) mass is 336 g/mol. The largest absolute Gasteiger partial charge is 0.501 e. The van der Waals surface area contributed by atoms with E-state index in [-0.39, 0.29) is 5.78 Å². The maximum Gasteiger partial charge on any atom is 0.189 e. The van der Waals surface area contributed by atoms with Crippen LogP contribution in [0.15, 0.2) is 72.0 Å². The molecule has 3 heteroatoms. The number of carbonyl (C=O) groups is 1. The van der Waals surface area contributed by atoms with Crippen molar-refractivity contribution in [3.05, 3.63) is 83.1 Å². The van der Waals surface area contributed by atoms with Gasteiger partial charge in [-0.2, -0.15) is 0 Å². The summed E-state index contributed by atoms with van der Waals surface area (Å²) >= 11 is 0. The van der Waals surface area contributed by atoms with Gasteiger partial charge in [-0.1, -0.05) is 49.4 Å². The SMILES string of the molecule is CC/C(=C\C(=C(/C)OC)c1ccc(OC)cc1)C(=O)c1ccccc1. The number of hydrogen-bond donors (Lipinski definition) is 0. The van der Waals surface area contributed by atoms with E-state index in [1.165, 1.54) is 0 Å². The summed E-state index contributed by atoms with van der Waals surface area (Å²) in [7, 11) is 3.27. The number of benzene rings is 2. The molecule has 0 amide bonds. The second kappa shape index (κ2) is 8.88. The van der Waals surface area contributed by atoms with Gasteiger partial charge in [0.25, 0.3) is 0 Å². The molecule has 0 fully saturated rings. The van der Waals surface area contributed by atoms with E-state index in [1.54, 1.807) is 14.2 Å². The van der Waals surface area contributed by atoms with Crippen molar-refractivity contribution >= 4 is 11.4 Å². The van der Waals surface area contributed by atoms with Gasteiger partial charge in [0.05, 0.1) is 14.2 Å². The van der Waals surface area contributed by atoms with Gasteiger partial charge in [-0.05, 0) is 37.1 Å². The zero-order chi connectivity index (χ0) is 18.2. The molecule has 0 radical (unpaired) electrons. The van der Waals surface area contributed by atoms with Crippen molar-refractivity contribution in [2.45, 2.75) is 20.3 Å². The molecule has 0 aliphatic carbocycles. The van der Waals surface area contributed by atoms with Crippen LogP contribution in [0.1, 0.15) is 36.2 Å². The highest BCUT2D eigenvalue weighted by atomic mass is 16.5. The van der Waals surface area contributed by atoms with Crippen molar-refractivity contribution in [1.29, 1.82) is 0 Å². The van der Waals surface area contributed by atoms with Crippen LogP contribution in [0.3, 0.4) is 0 Å². The first-order valence-corrected chi connectivity index (χ1v) is 8.30. The first-order chi connectivity index (χ1) is 12.1. The Morgan fingerprint density at radius 1 is 0.960 bits per heavy atom. The lowest BCUT2D eigenvalue weighted by Crippen LogP contribution is -2.03.